The monoisotopic (exact) mass is 1370 g/mol. The summed E-state index contributed by atoms with van der Waals surface area (Å²) in [5, 5.41) is 48.5. The van der Waals surface area contributed by atoms with Gasteiger partial charge in [0.1, 0.15) is 31.3 Å². The second-order valence-corrected chi connectivity index (χ2v) is 21.8. The van der Waals surface area contributed by atoms with Crippen LogP contribution >= 0.6 is 22.9 Å². The number of carbonyl (C=O) groups excluding carboxylic acids is 9. The molecule has 29 nitrogen and oxygen atoms in total. The van der Waals surface area contributed by atoms with E-state index in [4.69, 9.17) is 29.8 Å². The number of carboxylic acid groups (broad SMARTS) is 3. The molecule has 0 spiro atoms. The Morgan fingerprint density at radius 3 is 1.14 bits per heavy atom. The summed E-state index contributed by atoms with van der Waals surface area (Å²) in [4.78, 5) is 144. The average molecular weight is 1370 g/mol. The molecule has 0 bridgehead atoms. The van der Waals surface area contributed by atoms with E-state index in [9.17, 15) is 67.7 Å². The number of nitrogens with two attached hydrogens (primary N) is 1. The fourth-order valence-electron chi connectivity index (χ4n) is 8.48. The molecule has 0 aromatic carbocycles. The molecule has 0 aliphatic carbocycles. The lowest BCUT2D eigenvalue weighted by Crippen LogP contribution is -2.50. The maximum absolute atomic E-state index is 12.4. The van der Waals surface area contributed by atoms with Crippen LogP contribution < -0.4 is 51.8 Å². The number of hydrogen-bond acceptors (Lipinski definition) is 17. The highest BCUT2D eigenvalue weighted by Crippen LogP contribution is 2.14. The molecule has 0 aromatic heterocycles. The quantitative estimate of drug-likeness (QED) is 0.0235. The fraction of sp³-hybridized carbons (Fsp3) is 0.793. The zero-order valence-electron chi connectivity index (χ0n) is 51.6. The number of aliphatic carboxylic acids is 3. The highest BCUT2D eigenvalue weighted by atomic mass is 127. The number of halogens is 1. The van der Waals surface area contributed by atoms with Crippen molar-refractivity contribution in [3.8, 4) is 0 Å². The number of rotatable bonds is 61. The number of unbranched alkanes of at least 4 members (excludes halogenated alkanes) is 14. The molecule has 506 valence electrons. The van der Waals surface area contributed by atoms with Crippen LogP contribution in [-0.2, 0) is 76.5 Å². The Hall–Kier alpha value is -5.83. The van der Waals surface area contributed by atoms with Gasteiger partial charge in [0.25, 0.3) is 0 Å². The summed E-state index contributed by atoms with van der Waals surface area (Å²) in [5.41, 5.74) is 5.29. The van der Waals surface area contributed by atoms with E-state index in [1.807, 2.05) is 22.9 Å². The van der Waals surface area contributed by atoms with Crippen LogP contribution in [0, 0.1) is 0 Å². The van der Waals surface area contributed by atoms with Crippen molar-refractivity contribution < 1.29 is 91.8 Å². The van der Waals surface area contributed by atoms with Gasteiger partial charge in [0.15, 0.2) is 0 Å². The molecule has 0 saturated heterocycles. The molecule has 0 aliphatic rings. The summed E-state index contributed by atoms with van der Waals surface area (Å²) in [6.45, 7) is 3.04. The van der Waals surface area contributed by atoms with E-state index in [-0.39, 0.29) is 148 Å². The molecule has 0 unspecified atom stereocenters. The number of carbonyl (C=O) groups is 12. The molecule has 4 atom stereocenters. The van der Waals surface area contributed by atoms with Crippen LogP contribution in [0.25, 0.3) is 0 Å². The lowest BCUT2D eigenvalue weighted by molar-refractivity contribution is -0.142. The Bertz CT molecular complexity index is 2030. The number of ether oxygens (including phenoxy) is 4. The fourth-order valence-corrected chi connectivity index (χ4v) is 9.07. The van der Waals surface area contributed by atoms with Gasteiger partial charge in [-0.2, -0.15) is 0 Å². The molecule has 14 N–H and O–H groups in total. The first-order valence-electron chi connectivity index (χ1n) is 31.2. The largest absolute Gasteiger partial charge is 0.481 e. The summed E-state index contributed by atoms with van der Waals surface area (Å²) in [7, 11) is 0. The van der Waals surface area contributed by atoms with Crippen LogP contribution in [-0.4, -0.2) is 196 Å². The van der Waals surface area contributed by atoms with Crippen molar-refractivity contribution in [1.29, 1.82) is 0 Å². The zero-order valence-corrected chi connectivity index (χ0v) is 53.8. The van der Waals surface area contributed by atoms with Gasteiger partial charge in [-0.25, -0.2) is 13.1 Å². The lowest BCUT2D eigenvalue weighted by Gasteiger charge is -2.19. The smallest absolute Gasteiger partial charge is 0.326 e. The van der Waals surface area contributed by atoms with Crippen LogP contribution in [0.4, 0.5) is 0 Å². The third-order valence-corrected chi connectivity index (χ3v) is 14.3. The van der Waals surface area contributed by atoms with Gasteiger partial charge in [-0.1, -0.05) is 84.0 Å². The van der Waals surface area contributed by atoms with Crippen LogP contribution in [0.3, 0.4) is 0 Å². The molecule has 0 aromatic rings. The third-order valence-electron chi connectivity index (χ3n) is 13.5. The second kappa shape index (κ2) is 56.4. The molecule has 9 amide bonds. The molecular weight excluding hydrogens is 1270 g/mol. The molecule has 0 rings (SSSR count). The minimum Gasteiger partial charge on any atom is -0.481 e. The van der Waals surface area contributed by atoms with Gasteiger partial charge in [-0.05, 0) is 64.2 Å². The summed E-state index contributed by atoms with van der Waals surface area (Å²) in [5.74, 6) is -7.05. The summed E-state index contributed by atoms with van der Waals surface area (Å²) in [6.07, 6.45) is 17.9. The number of nitrogens with one attached hydrogen (secondary N) is 9. The molecule has 0 radical (unpaired) electrons. The van der Waals surface area contributed by atoms with Gasteiger partial charge < -0.3 is 82.5 Å². The summed E-state index contributed by atoms with van der Waals surface area (Å²) in [6, 6.07) is -3.88. The predicted octanol–water partition coefficient (Wildman–Crippen LogP) is 2.08. The molecule has 30 heteroatoms. The normalized spacial score (nSPS) is 12.3. The van der Waals surface area contributed by atoms with Gasteiger partial charge >= 0.3 is 17.9 Å². The van der Waals surface area contributed by atoms with Crippen molar-refractivity contribution in [2.45, 2.75) is 211 Å². The highest BCUT2D eigenvalue weighted by molar-refractivity contribution is 14.1. The molecule has 0 saturated carbocycles. The topological polar surface area (TPSA) is 437 Å². The van der Waals surface area contributed by atoms with E-state index >= 15 is 0 Å². The molecule has 0 fully saturated rings. The lowest BCUT2D eigenvalue weighted by atomic mass is 10.0. The Kier molecular flexibility index (Phi) is 52.7. The van der Waals surface area contributed by atoms with Gasteiger partial charge in [0.05, 0.1) is 45.7 Å². The Morgan fingerprint density at radius 1 is 0.364 bits per heavy atom. The number of primary amides is 1. The van der Waals surface area contributed by atoms with Crippen molar-refractivity contribution >= 4 is 93.9 Å². The number of carboxylic acids is 3. The van der Waals surface area contributed by atoms with Crippen molar-refractivity contribution in [1.82, 2.24) is 46.1 Å². The van der Waals surface area contributed by atoms with Gasteiger partial charge in [-0.3, -0.25) is 47.9 Å². The summed E-state index contributed by atoms with van der Waals surface area (Å²) < 4.78 is 24.2. The van der Waals surface area contributed by atoms with Crippen molar-refractivity contribution in [3.63, 3.8) is 0 Å². The first-order valence-corrected chi connectivity index (χ1v) is 32.2. The van der Waals surface area contributed by atoms with Crippen LogP contribution in [0.1, 0.15) is 187 Å². The van der Waals surface area contributed by atoms with E-state index < -0.39 is 77.5 Å². The number of amides is 9. The van der Waals surface area contributed by atoms with E-state index in [0.717, 1.165) is 44.9 Å². The van der Waals surface area contributed by atoms with E-state index in [1.165, 1.54) is 44.9 Å². The van der Waals surface area contributed by atoms with Crippen LogP contribution in [0.15, 0.2) is 0 Å². The van der Waals surface area contributed by atoms with Crippen LogP contribution in [0.2, 0.25) is 0 Å². The first kappa shape index (κ1) is 82.2. The van der Waals surface area contributed by atoms with Gasteiger partial charge in [0, 0.05) is 94.1 Å². The molecular formula is C58H103IN10O19. The zero-order chi connectivity index (χ0) is 65.4. The van der Waals surface area contributed by atoms with Crippen molar-refractivity contribution in [2.24, 2.45) is 5.73 Å². The molecule has 0 aliphatic heterocycles. The van der Waals surface area contributed by atoms with E-state index in [2.05, 4.69) is 46.1 Å². The van der Waals surface area contributed by atoms with Gasteiger partial charge in [0.2, 0.25) is 53.2 Å². The second-order valence-electron chi connectivity index (χ2n) is 21.2. The predicted molar refractivity (Wildman–Crippen MR) is 332 cm³/mol. The van der Waals surface area contributed by atoms with E-state index in [1.54, 1.807) is 6.92 Å². The maximum atomic E-state index is 12.4. The maximum Gasteiger partial charge on any atom is 0.326 e. The Morgan fingerprint density at radius 2 is 0.727 bits per heavy atom. The first-order chi connectivity index (χ1) is 42.3. The van der Waals surface area contributed by atoms with Crippen LogP contribution in [0.5, 0.6) is 0 Å². The molecule has 0 heterocycles. The Labute approximate surface area is 531 Å². The third kappa shape index (κ3) is 51.1. The minimum atomic E-state index is -1.30. The highest BCUT2D eigenvalue weighted by Gasteiger charge is 2.24. The minimum absolute atomic E-state index is 0.0182. The number of hydrogen-bond donors (Lipinski definition) is 13. The standard InChI is InChI=1S/C58H103IN10O19/c1-2-43(55(60)79)68-56(80)44(69-59)21-17-18-30-61-48(71)28-26-45(57(81)82)66-51(74)24-20-32-63-52(75)41-87-39-38-86-36-34-65-53(76)42-88-40-37-85-35-33-64-49(72)29-27-46(58(83)84)67-50(73)23-19-31-62-47(70)22-15-13-11-9-7-5-3-4-6-8-10-12-14-16-25-54(77)78/h43-46,69H,2-42H2,1H3,(H2,60,79)(H,61,71)(H,62,70)(H,63,75)(H,64,72)(H,65,76)(H,66,74)(H,67,73)(H,68,80)(H,77,78)(H,81,82)(H,83,84)/t43-,44-,45-,46-/m0/s1. The van der Waals surface area contributed by atoms with E-state index in [0.29, 0.717) is 45.1 Å². The molecule has 88 heavy (non-hydrogen) atoms. The average Bonchev–Trinajstić information content (AvgIpc) is 3.58. The Balaban J connectivity index is 3.86. The summed E-state index contributed by atoms with van der Waals surface area (Å²) >= 11 is 1.85. The van der Waals surface area contributed by atoms with Crippen molar-refractivity contribution in [3.05, 3.63) is 0 Å². The van der Waals surface area contributed by atoms with Crippen molar-refractivity contribution in [2.75, 3.05) is 85.6 Å². The van der Waals surface area contributed by atoms with Gasteiger partial charge in [-0.15, -0.1) is 0 Å². The SMILES string of the molecule is CC[C@H](NC(=O)[C@H](CCCCNC(=O)CC[C@H](NC(=O)CCCNC(=O)COCCOCCNC(=O)COCCOCCNC(=O)CC[C@H](NC(=O)CCCNC(=O)CCCCCCCCCCCCCCCCC(=O)O)C(=O)O)C(=O)O)NI)C(N)=O.